The Morgan fingerprint density at radius 3 is 2.92 bits per heavy atom. The lowest BCUT2D eigenvalue weighted by atomic mass is 9.92. The summed E-state index contributed by atoms with van der Waals surface area (Å²) in [4.78, 5) is 0. The highest BCUT2D eigenvalue weighted by Crippen LogP contribution is 2.20. The van der Waals surface area contributed by atoms with Crippen LogP contribution in [0.3, 0.4) is 0 Å². The molecule has 1 aliphatic rings. The number of hydrogen-bond donors (Lipinski definition) is 1. The number of nitriles is 1. The molecule has 1 aliphatic carbocycles. The van der Waals surface area contributed by atoms with Crippen LogP contribution in [0.5, 0.6) is 0 Å². The Kier molecular flexibility index (Phi) is 4.06. The standard InChI is InChI=1S/C9H16N2O/c1-12-9-5-3-2-4-8(9)11-7-6-10/h8-9,11H,2-5,7H2,1H3/t8-,9-/m1/s1. The number of nitrogens with zero attached hydrogens (tertiary/aromatic N) is 1. The van der Waals surface area contributed by atoms with Crippen LogP contribution < -0.4 is 5.32 Å². The summed E-state index contributed by atoms with van der Waals surface area (Å²) in [5.74, 6) is 0. The number of hydrogen-bond acceptors (Lipinski definition) is 3. The van der Waals surface area contributed by atoms with Gasteiger partial charge in [-0.25, -0.2) is 0 Å². The lowest BCUT2D eigenvalue weighted by molar-refractivity contribution is 0.0433. The van der Waals surface area contributed by atoms with Crippen molar-refractivity contribution in [1.82, 2.24) is 5.32 Å². The van der Waals surface area contributed by atoms with Crippen LogP contribution in [0, 0.1) is 11.3 Å². The first-order valence-electron chi connectivity index (χ1n) is 4.51. The molecular weight excluding hydrogens is 152 g/mol. The molecule has 0 amide bonds. The van der Waals surface area contributed by atoms with Gasteiger partial charge in [-0.3, -0.25) is 5.32 Å². The molecule has 68 valence electrons. The number of rotatable bonds is 3. The maximum Gasteiger partial charge on any atom is 0.0843 e. The zero-order chi connectivity index (χ0) is 8.81. The minimum absolute atomic E-state index is 0.312. The van der Waals surface area contributed by atoms with Crippen molar-refractivity contribution in [3.63, 3.8) is 0 Å². The molecule has 0 aromatic heterocycles. The van der Waals surface area contributed by atoms with Crippen molar-refractivity contribution < 1.29 is 4.74 Å². The molecule has 0 spiro atoms. The monoisotopic (exact) mass is 168 g/mol. The van der Waals surface area contributed by atoms with E-state index in [2.05, 4.69) is 11.4 Å². The van der Waals surface area contributed by atoms with Crippen molar-refractivity contribution in [3.05, 3.63) is 0 Å². The summed E-state index contributed by atoms with van der Waals surface area (Å²) in [6, 6.07) is 2.49. The van der Waals surface area contributed by atoms with Crippen molar-refractivity contribution in [2.75, 3.05) is 13.7 Å². The third kappa shape index (κ3) is 2.47. The number of nitrogens with one attached hydrogen (secondary N) is 1. The van der Waals surface area contributed by atoms with E-state index in [1.165, 1.54) is 12.8 Å². The number of ether oxygens (including phenoxy) is 1. The summed E-state index contributed by atoms with van der Waals surface area (Å²) in [5.41, 5.74) is 0. The van der Waals surface area contributed by atoms with E-state index in [0.29, 0.717) is 18.7 Å². The van der Waals surface area contributed by atoms with Gasteiger partial charge in [0.15, 0.2) is 0 Å². The molecule has 0 aromatic rings. The van der Waals surface area contributed by atoms with Gasteiger partial charge in [-0.2, -0.15) is 5.26 Å². The fraction of sp³-hybridized carbons (Fsp3) is 0.889. The Labute approximate surface area is 73.7 Å². The van der Waals surface area contributed by atoms with Crippen LogP contribution in [0.1, 0.15) is 25.7 Å². The van der Waals surface area contributed by atoms with Gasteiger partial charge in [0.05, 0.1) is 18.7 Å². The zero-order valence-corrected chi connectivity index (χ0v) is 7.55. The molecule has 1 fully saturated rings. The van der Waals surface area contributed by atoms with Crippen LogP contribution in [0.4, 0.5) is 0 Å². The summed E-state index contributed by atoms with van der Waals surface area (Å²) < 4.78 is 5.33. The normalized spacial score (nSPS) is 29.7. The molecule has 1 saturated carbocycles. The van der Waals surface area contributed by atoms with Crippen LogP contribution in [0.2, 0.25) is 0 Å². The average molecular weight is 168 g/mol. The fourth-order valence-corrected chi connectivity index (χ4v) is 1.79. The van der Waals surface area contributed by atoms with Gasteiger partial charge < -0.3 is 4.74 Å². The van der Waals surface area contributed by atoms with Crippen LogP contribution in [-0.2, 0) is 4.74 Å². The van der Waals surface area contributed by atoms with Crippen LogP contribution >= 0.6 is 0 Å². The summed E-state index contributed by atoms with van der Waals surface area (Å²) in [5, 5.41) is 11.6. The van der Waals surface area contributed by atoms with E-state index in [-0.39, 0.29) is 0 Å². The highest BCUT2D eigenvalue weighted by atomic mass is 16.5. The quantitative estimate of drug-likeness (QED) is 0.641. The smallest absolute Gasteiger partial charge is 0.0843 e. The molecule has 0 radical (unpaired) electrons. The topological polar surface area (TPSA) is 45.0 Å². The minimum atomic E-state index is 0.312. The Morgan fingerprint density at radius 2 is 2.25 bits per heavy atom. The van der Waals surface area contributed by atoms with Crippen LogP contribution in [-0.4, -0.2) is 25.8 Å². The van der Waals surface area contributed by atoms with E-state index in [1.54, 1.807) is 7.11 Å². The van der Waals surface area contributed by atoms with Gasteiger partial charge >= 0.3 is 0 Å². The molecule has 0 heterocycles. The molecule has 2 atom stereocenters. The highest BCUT2D eigenvalue weighted by Gasteiger charge is 2.23. The highest BCUT2D eigenvalue weighted by molar-refractivity contribution is 4.85. The summed E-state index contributed by atoms with van der Waals surface area (Å²) in [6.45, 7) is 0.435. The summed E-state index contributed by atoms with van der Waals surface area (Å²) in [7, 11) is 1.75. The largest absolute Gasteiger partial charge is 0.380 e. The maximum absolute atomic E-state index is 8.40. The minimum Gasteiger partial charge on any atom is -0.380 e. The molecule has 0 aliphatic heterocycles. The molecule has 1 N–H and O–H groups in total. The van der Waals surface area contributed by atoms with Crippen molar-refractivity contribution in [3.8, 4) is 6.07 Å². The zero-order valence-electron chi connectivity index (χ0n) is 7.55. The molecule has 3 nitrogen and oxygen atoms in total. The van der Waals surface area contributed by atoms with Crippen LogP contribution in [0.15, 0.2) is 0 Å². The van der Waals surface area contributed by atoms with Gasteiger partial charge in [0.1, 0.15) is 0 Å². The third-order valence-electron chi connectivity index (χ3n) is 2.45. The van der Waals surface area contributed by atoms with E-state index < -0.39 is 0 Å². The van der Waals surface area contributed by atoms with Crippen molar-refractivity contribution in [2.45, 2.75) is 37.8 Å². The molecule has 0 unspecified atom stereocenters. The first kappa shape index (κ1) is 9.50. The predicted molar refractivity (Wildman–Crippen MR) is 46.7 cm³/mol. The lowest BCUT2D eigenvalue weighted by Gasteiger charge is -2.30. The Hall–Kier alpha value is -0.590. The van der Waals surface area contributed by atoms with Gasteiger partial charge in [-0.1, -0.05) is 12.8 Å². The first-order valence-corrected chi connectivity index (χ1v) is 4.51. The number of methoxy groups -OCH3 is 1. The molecular formula is C9H16N2O. The van der Waals surface area contributed by atoms with Gasteiger partial charge in [-0.05, 0) is 12.8 Å². The SMILES string of the molecule is CO[C@@H]1CCCC[C@H]1NCC#N. The fourth-order valence-electron chi connectivity index (χ4n) is 1.79. The van der Waals surface area contributed by atoms with E-state index >= 15 is 0 Å². The maximum atomic E-state index is 8.40. The summed E-state index contributed by atoms with van der Waals surface area (Å²) in [6.07, 6.45) is 5.08. The lowest BCUT2D eigenvalue weighted by Crippen LogP contribution is -2.43. The second kappa shape index (κ2) is 5.13. The Bertz CT molecular complexity index is 164. The van der Waals surface area contributed by atoms with E-state index in [4.69, 9.17) is 10.00 Å². The van der Waals surface area contributed by atoms with Gasteiger partial charge in [0, 0.05) is 13.2 Å². The molecule has 0 aromatic carbocycles. The van der Waals surface area contributed by atoms with Crippen molar-refractivity contribution >= 4 is 0 Å². The van der Waals surface area contributed by atoms with Crippen molar-refractivity contribution in [1.29, 1.82) is 5.26 Å². The summed E-state index contributed by atoms with van der Waals surface area (Å²) >= 11 is 0. The Balaban J connectivity index is 2.32. The first-order chi connectivity index (χ1) is 5.88. The molecule has 0 saturated heterocycles. The molecule has 12 heavy (non-hydrogen) atoms. The Morgan fingerprint density at radius 1 is 1.50 bits per heavy atom. The second-order valence-corrected chi connectivity index (χ2v) is 3.20. The van der Waals surface area contributed by atoms with Gasteiger partial charge in [0.25, 0.3) is 0 Å². The third-order valence-corrected chi connectivity index (χ3v) is 2.45. The van der Waals surface area contributed by atoms with E-state index in [1.807, 2.05) is 0 Å². The second-order valence-electron chi connectivity index (χ2n) is 3.20. The van der Waals surface area contributed by atoms with Crippen LogP contribution in [0.25, 0.3) is 0 Å². The molecule has 3 heteroatoms. The molecule has 0 bridgehead atoms. The van der Waals surface area contributed by atoms with E-state index in [0.717, 1.165) is 12.8 Å². The molecule has 1 rings (SSSR count). The van der Waals surface area contributed by atoms with Gasteiger partial charge in [0.2, 0.25) is 0 Å². The van der Waals surface area contributed by atoms with Crippen molar-refractivity contribution in [2.24, 2.45) is 0 Å². The average Bonchev–Trinajstić information content (AvgIpc) is 2.15. The predicted octanol–water partition coefficient (Wildman–Crippen LogP) is 1.06. The van der Waals surface area contributed by atoms with Gasteiger partial charge in [-0.15, -0.1) is 0 Å². The van der Waals surface area contributed by atoms with E-state index in [9.17, 15) is 0 Å².